The van der Waals surface area contributed by atoms with Gasteiger partial charge in [0.15, 0.2) is 0 Å². The van der Waals surface area contributed by atoms with Gasteiger partial charge in [0.2, 0.25) is 10.0 Å². The van der Waals surface area contributed by atoms with Crippen LogP contribution in [0.3, 0.4) is 0 Å². The Morgan fingerprint density at radius 1 is 1.27 bits per heavy atom. The van der Waals surface area contributed by atoms with E-state index in [1.54, 1.807) is 4.31 Å². The van der Waals surface area contributed by atoms with Gasteiger partial charge >= 0.3 is 0 Å². The molecule has 1 fully saturated rings. The van der Waals surface area contributed by atoms with Gasteiger partial charge in [-0.2, -0.15) is 0 Å². The third-order valence-electron chi connectivity index (χ3n) is 4.48. The standard InChI is InChI=1S/C16H23N3O2S/c1-22(20,21)19-9-6-13(7-10-19)11-17-12-14-3-2-4-16-15(14)5-8-18-16/h2-5,8,13,17-18H,6-7,9-12H2,1H3. The third-order valence-corrected chi connectivity index (χ3v) is 5.78. The number of nitrogens with zero attached hydrogens (tertiary/aromatic N) is 1. The van der Waals surface area contributed by atoms with Gasteiger partial charge < -0.3 is 10.3 Å². The van der Waals surface area contributed by atoms with Crippen LogP contribution < -0.4 is 5.32 Å². The molecule has 120 valence electrons. The molecule has 1 aliphatic rings. The molecule has 0 bridgehead atoms. The summed E-state index contributed by atoms with van der Waals surface area (Å²) in [4.78, 5) is 3.23. The molecule has 2 heterocycles. The van der Waals surface area contributed by atoms with Gasteiger partial charge in [0.25, 0.3) is 0 Å². The minimum absolute atomic E-state index is 0.559. The predicted molar refractivity (Wildman–Crippen MR) is 89.1 cm³/mol. The predicted octanol–water partition coefficient (Wildman–Crippen LogP) is 1.93. The van der Waals surface area contributed by atoms with Crippen molar-refractivity contribution in [3.8, 4) is 0 Å². The highest BCUT2D eigenvalue weighted by Gasteiger charge is 2.24. The molecule has 3 rings (SSSR count). The van der Waals surface area contributed by atoms with Gasteiger partial charge in [-0.1, -0.05) is 12.1 Å². The maximum atomic E-state index is 11.5. The number of hydrogen-bond donors (Lipinski definition) is 2. The van der Waals surface area contributed by atoms with Gasteiger partial charge in [0, 0.05) is 36.7 Å². The molecular weight excluding hydrogens is 298 g/mol. The number of aromatic nitrogens is 1. The summed E-state index contributed by atoms with van der Waals surface area (Å²) in [6, 6.07) is 8.41. The Bertz CT molecular complexity index is 731. The number of fused-ring (bicyclic) bond motifs is 1. The number of sulfonamides is 1. The van der Waals surface area contributed by atoms with E-state index in [0.717, 1.165) is 25.9 Å². The topological polar surface area (TPSA) is 65.2 Å². The summed E-state index contributed by atoms with van der Waals surface area (Å²) in [6.45, 7) is 3.09. The van der Waals surface area contributed by atoms with Crippen LogP contribution in [-0.4, -0.2) is 43.6 Å². The number of rotatable bonds is 5. The fraction of sp³-hybridized carbons (Fsp3) is 0.500. The van der Waals surface area contributed by atoms with E-state index in [0.29, 0.717) is 19.0 Å². The molecular formula is C16H23N3O2S. The van der Waals surface area contributed by atoms with E-state index in [1.165, 1.54) is 22.7 Å². The number of benzene rings is 1. The minimum Gasteiger partial charge on any atom is -0.361 e. The summed E-state index contributed by atoms with van der Waals surface area (Å²) < 4.78 is 24.6. The van der Waals surface area contributed by atoms with Gasteiger partial charge in [0.1, 0.15) is 0 Å². The number of nitrogens with one attached hydrogen (secondary N) is 2. The van der Waals surface area contributed by atoms with Crippen LogP contribution in [0.4, 0.5) is 0 Å². The van der Waals surface area contributed by atoms with Gasteiger partial charge in [-0.3, -0.25) is 0 Å². The zero-order valence-electron chi connectivity index (χ0n) is 12.9. The number of H-pyrrole nitrogens is 1. The molecule has 2 N–H and O–H groups in total. The lowest BCUT2D eigenvalue weighted by Gasteiger charge is -2.30. The number of piperidine rings is 1. The van der Waals surface area contributed by atoms with Crippen LogP contribution in [-0.2, 0) is 16.6 Å². The quantitative estimate of drug-likeness (QED) is 0.884. The molecule has 0 aliphatic carbocycles. The second-order valence-corrected chi connectivity index (χ2v) is 8.07. The Labute approximate surface area is 131 Å². The van der Waals surface area contributed by atoms with Gasteiger partial charge in [-0.15, -0.1) is 0 Å². The normalized spacial score (nSPS) is 18.0. The van der Waals surface area contributed by atoms with Crippen LogP contribution in [0.2, 0.25) is 0 Å². The van der Waals surface area contributed by atoms with Crippen molar-refractivity contribution in [2.45, 2.75) is 19.4 Å². The van der Waals surface area contributed by atoms with Crippen molar-refractivity contribution >= 4 is 20.9 Å². The first kappa shape index (κ1) is 15.5. The van der Waals surface area contributed by atoms with Gasteiger partial charge in [0.05, 0.1) is 6.26 Å². The van der Waals surface area contributed by atoms with Crippen LogP contribution in [0, 0.1) is 5.92 Å². The first-order valence-corrected chi connectivity index (χ1v) is 9.60. The molecule has 0 unspecified atom stereocenters. The first-order chi connectivity index (χ1) is 10.5. The highest BCUT2D eigenvalue weighted by Crippen LogP contribution is 2.20. The van der Waals surface area contributed by atoms with Crippen molar-refractivity contribution in [2.24, 2.45) is 5.92 Å². The molecule has 22 heavy (non-hydrogen) atoms. The minimum atomic E-state index is -3.02. The SMILES string of the molecule is CS(=O)(=O)N1CCC(CNCc2cccc3[nH]ccc23)CC1. The second-order valence-electron chi connectivity index (χ2n) is 6.09. The van der Waals surface area contributed by atoms with Crippen molar-refractivity contribution < 1.29 is 8.42 Å². The lowest BCUT2D eigenvalue weighted by Crippen LogP contribution is -2.40. The highest BCUT2D eigenvalue weighted by molar-refractivity contribution is 7.88. The molecule has 0 atom stereocenters. The largest absolute Gasteiger partial charge is 0.361 e. The summed E-state index contributed by atoms with van der Waals surface area (Å²) >= 11 is 0. The van der Waals surface area contributed by atoms with Crippen LogP contribution in [0.15, 0.2) is 30.5 Å². The van der Waals surface area contributed by atoms with E-state index in [2.05, 4.69) is 34.6 Å². The molecule has 6 heteroatoms. The molecule has 5 nitrogen and oxygen atoms in total. The van der Waals surface area contributed by atoms with E-state index in [9.17, 15) is 8.42 Å². The average Bonchev–Trinajstić information content (AvgIpc) is 2.96. The molecule has 1 aromatic heterocycles. The van der Waals surface area contributed by atoms with Crippen LogP contribution >= 0.6 is 0 Å². The Hall–Kier alpha value is -1.37. The maximum absolute atomic E-state index is 11.5. The Kier molecular flexibility index (Phi) is 4.52. The second kappa shape index (κ2) is 6.40. The van der Waals surface area contributed by atoms with Crippen molar-refractivity contribution in [1.29, 1.82) is 0 Å². The van der Waals surface area contributed by atoms with E-state index in [1.807, 2.05) is 6.20 Å². The Balaban J connectivity index is 1.49. The summed E-state index contributed by atoms with van der Waals surface area (Å²) in [6.07, 6.45) is 5.14. The third kappa shape index (κ3) is 3.51. The molecule has 2 aromatic rings. The van der Waals surface area contributed by atoms with Crippen LogP contribution in [0.5, 0.6) is 0 Å². The van der Waals surface area contributed by atoms with E-state index in [-0.39, 0.29) is 0 Å². The molecule has 0 spiro atoms. The molecule has 0 saturated carbocycles. The van der Waals surface area contributed by atoms with Crippen LogP contribution in [0.1, 0.15) is 18.4 Å². The van der Waals surface area contributed by atoms with Crippen molar-refractivity contribution in [3.63, 3.8) is 0 Å². The monoisotopic (exact) mass is 321 g/mol. The lowest BCUT2D eigenvalue weighted by atomic mass is 9.98. The van der Waals surface area contributed by atoms with Crippen molar-refractivity contribution in [2.75, 3.05) is 25.9 Å². The van der Waals surface area contributed by atoms with Crippen molar-refractivity contribution in [3.05, 3.63) is 36.0 Å². The first-order valence-electron chi connectivity index (χ1n) is 7.75. The maximum Gasteiger partial charge on any atom is 0.211 e. The Morgan fingerprint density at radius 3 is 2.77 bits per heavy atom. The smallest absolute Gasteiger partial charge is 0.211 e. The molecule has 0 radical (unpaired) electrons. The molecule has 1 saturated heterocycles. The molecule has 1 aromatic carbocycles. The summed E-state index contributed by atoms with van der Waals surface area (Å²) in [5.41, 5.74) is 2.47. The van der Waals surface area contributed by atoms with Crippen molar-refractivity contribution in [1.82, 2.24) is 14.6 Å². The van der Waals surface area contributed by atoms with Gasteiger partial charge in [-0.25, -0.2) is 12.7 Å². The summed E-state index contributed by atoms with van der Waals surface area (Å²) in [7, 11) is -3.02. The van der Waals surface area contributed by atoms with E-state index in [4.69, 9.17) is 0 Å². The van der Waals surface area contributed by atoms with E-state index < -0.39 is 10.0 Å². The average molecular weight is 321 g/mol. The fourth-order valence-electron chi connectivity index (χ4n) is 3.16. The number of hydrogen-bond acceptors (Lipinski definition) is 3. The zero-order valence-corrected chi connectivity index (χ0v) is 13.7. The highest BCUT2D eigenvalue weighted by atomic mass is 32.2. The van der Waals surface area contributed by atoms with Gasteiger partial charge in [-0.05, 0) is 43.0 Å². The lowest BCUT2D eigenvalue weighted by molar-refractivity contribution is 0.268. The summed E-state index contributed by atoms with van der Waals surface area (Å²) in [5.74, 6) is 0.559. The van der Waals surface area contributed by atoms with E-state index >= 15 is 0 Å². The number of aromatic amines is 1. The molecule has 1 aliphatic heterocycles. The fourth-order valence-corrected chi connectivity index (χ4v) is 4.03. The summed E-state index contributed by atoms with van der Waals surface area (Å²) in [5, 5.41) is 4.79. The van der Waals surface area contributed by atoms with Crippen LogP contribution in [0.25, 0.3) is 10.9 Å². The zero-order chi connectivity index (χ0) is 15.6. The Morgan fingerprint density at radius 2 is 2.05 bits per heavy atom. The molecule has 0 amide bonds.